The Morgan fingerprint density at radius 3 is 2.53 bits per heavy atom. The van der Waals surface area contributed by atoms with E-state index < -0.39 is 0 Å². The molecule has 1 aromatic rings. The van der Waals surface area contributed by atoms with Crippen LogP contribution in [-0.4, -0.2) is 26.2 Å². The SMILES string of the molecule is C=CC(=O)NC1(c2ccc(OC)cc2)CCOCC1. The van der Waals surface area contributed by atoms with Crippen molar-refractivity contribution in [1.82, 2.24) is 5.32 Å². The first-order valence-corrected chi connectivity index (χ1v) is 6.37. The molecule has 1 N–H and O–H groups in total. The number of nitrogens with one attached hydrogen (secondary N) is 1. The molecule has 0 atom stereocenters. The summed E-state index contributed by atoms with van der Waals surface area (Å²) in [6, 6.07) is 7.81. The Labute approximate surface area is 113 Å². The Morgan fingerprint density at radius 2 is 2.00 bits per heavy atom. The fourth-order valence-corrected chi connectivity index (χ4v) is 2.40. The van der Waals surface area contributed by atoms with Gasteiger partial charge in [0.05, 0.1) is 12.6 Å². The molecule has 0 aromatic heterocycles. The van der Waals surface area contributed by atoms with Crippen molar-refractivity contribution < 1.29 is 14.3 Å². The summed E-state index contributed by atoms with van der Waals surface area (Å²) in [5.74, 6) is 0.652. The molecule has 0 aliphatic carbocycles. The predicted molar refractivity (Wildman–Crippen MR) is 73.1 cm³/mol. The number of hydrogen-bond acceptors (Lipinski definition) is 3. The number of hydrogen-bond donors (Lipinski definition) is 1. The number of amides is 1. The first kappa shape index (κ1) is 13.6. The largest absolute Gasteiger partial charge is 0.497 e. The van der Waals surface area contributed by atoms with Gasteiger partial charge in [-0.3, -0.25) is 4.79 Å². The Bertz CT molecular complexity index is 447. The van der Waals surface area contributed by atoms with Crippen molar-refractivity contribution in [2.75, 3.05) is 20.3 Å². The molecule has 1 aliphatic heterocycles. The van der Waals surface area contributed by atoms with Gasteiger partial charge < -0.3 is 14.8 Å². The zero-order chi connectivity index (χ0) is 13.7. The van der Waals surface area contributed by atoms with Gasteiger partial charge in [-0.05, 0) is 36.6 Å². The van der Waals surface area contributed by atoms with Crippen molar-refractivity contribution in [2.24, 2.45) is 0 Å². The maximum absolute atomic E-state index is 11.7. The van der Waals surface area contributed by atoms with Gasteiger partial charge >= 0.3 is 0 Å². The van der Waals surface area contributed by atoms with E-state index in [4.69, 9.17) is 9.47 Å². The van der Waals surface area contributed by atoms with Crippen LogP contribution in [0.25, 0.3) is 0 Å². The molecule has 4 nitrogen and oxygen atoms in total. The van der Waals surface area contributed by atoms with Crippen LogP contribution in [0.3, 0.4) is 0 Å². The normalized spacial score (nSPS) is 17.5. The molecule has 2 rings (SSSR count). The van der Waals surface area contributed by atoms with E-state index in [-0.39, 0.29) is 11.4 Å². The third-order valence-electron chi connectivity index (χ3n) is 3.54. The molecule has 1 amide bonds. The minimum Gasteiger partial charge on any atom is -0.497 e. The van der Waals surface area contributed by atoms with Gasteiger partial charge in [-0.25, -0.2) is 0 Å². The molecule has 102 valence electrons. The van der Waals surface area contributed by atoms with Crippen molar-refractivity contribution in [3.05, 3.63) is 42.5 Å². The van der Waals surface area contributed by atoms with Gasteiger partial charge in [-0.2, -0.15) is 0 Å². The summed E-state index contributed by atoms with van der Waals surface area (Å²) >= 11 is 0. The first-order valence-electron chi connectivity index (χ1n) is 6.37. The zero-order valence-electron chi connectivity index (χ0n) is 11.1. The molecule has 1 fully saturated rings. The number of carbonyl (C=O) groups excluding carboxylic acids is 1. The summed E-state index contributed by atoms with van der Waals surface area (Å²) in [6.07, 6.45) is 2.83. The second-order valence-corrected chi connectivity index (χ2v) is 4.62. The Hall–Kier alpha value is -1.81. The molecule has 1 aliphatic rings. The van der Waals surface area contributed by atoms with Crippen molar-refractivity contribution in [3.63, 3.8) is 0 Å². The molecular weight excluding hydrogens is 242 g/mol. The van der Waals surface area contributed by atoms with Crippen molar-refractivity contribution in [1.29, 1.82) is 0 Å². The van der Waals surface area contributed by atoms with Crippen molar-refractivity contribution in [3.8, 4) is 5.75 Å². The summed E-state index contributed by atoms with van der Waals surface area (Å²) in [7, 11) is 1.64. The summed E-state index contributed by atoms with van der Waals surface area (Å²) in [5, 5.41) is 3.06. The van der Waals surface area contributed by atoms with E-state index in [0.717, 1.165) is 24.2 Å². The van der Waals surface area contributed by atoms with Crippen LogP contribution in [-0.2, 0) is 15.1 Å². The van der Waals surface area contributed by atoms with Gasteiger partial charge in [0.15, 0.2) is 0 Å². The number of rotatable bonds is 4. The molecular formula is C15H19NO3. The van der Waals surface area contributed by atoms with Crippen LogP contribution in [0, 0.1) is 0 Å². The molecule has 0 bridgehead atoms. The van der Waals surface area contributed by atoms with E-state index in [1.54, 1.807) is 7.11 Å². The molecule has 1 saturated heterocycles. The minimum atomic E-state index is -0.365. The Balaban J connectivity index is 2.29. The highest BCUT2D eigenvalue weighted by Gasteiger charge is 2.35. The molecule has 1 aromatic carbocycles. The molecule has 0 spiro atoms. The minimum absolute atomic E-state index is 0.155. The zero-order valence-corrected chi connectivity index (χ0v) is 11.1. The maximum Gasteiger partial charge on any atom is 0.244 e. The van der Waals surface area contributed by atoms with E-state index in [1.807, 2.05) is 24.3 Å². The fourth-order valence-electron chi connectivity index (χ4n) is 2.40. The summed E-state index contributed by atoms with van der Waals surface area (Å²) < 4.78 is 10.6. The average Bonchev–Trinajstić information content (AvgIpc) is 2.48. The number of carbonyl (C=O) groups is 1. The summed E-state index contributed by atoms with van der Waals surface area (Å²) in [4.78, 5) is 11.7. The molecule has 0 radical (unpaired) electrons. The van der Waals surface area contributed by atoms with Crippen LogP contribution in [0.4, 0.5) is 0 Å². The van der Waals surface area contributed by atoms with Gasteiger partial charge in [0.2, 0.25) is 5.91 Å². The molecule has 0 unspecified atom stereocenters. The second kappa shape index (κ2) is 5.89. The van der Waals surface area contributed by atoms with Crippen LogP contribution >= 0.6 is 0 Å². The number of methoxy groups -OCH3 is 1. The average molecular weight is 261 g/mol. The molecule has 1 heterocycles. The summed E-state index contributed by atoms with van der Waals surface area (Å²) in [5.41, 5.74) is 0.710. The number of ether oxygens (including phenoxy) is 2. The number of benzene rings is 1. The molecule has 0 saturated carbocycles. The highest BCUT2D eigenvalue weighted by Crippen LogP contribution is 2.33. The topological polar surface area (TPSA) is 47.6 Å². The quantitative estimate of drug-likeness (QED) is 0.843. The third kappa shape index (κ3) is 2.96. The van der Waals surface area contributed by atoms with Crippen LogP contribution in [0.1, 0.15) is 18.4 Å². The van der Waals surface area contributed by atoms with E-state index >= 15 is 0 Å². The van der Waals surface area contributed by atoms with E-state index in [9.17, 15) is 4.79 Å². The van der Waals surface area contributed by atoms with Crippen LogP contribution in [0.5, 0.6) is 5.75 Å². The Kier molecular flexibility index (Phi) is 4.22. The van der Waals surface area contributed by atoms with Gasteiger partial charge in [0, 0.05) is 13.2 Å². The summed E-state index contributed by atoms with van der Waals surface area (Å²) in [6.45, 7) is 4.80. The lowest BCUT2D eigenvalue weighted by Gasteiger charge is -2.38. The smallest absolute Gasteiger partial charge is 0.244 e. The lowest BCUT2D eigenvalue weighted by Crippen LogP contribution is -2.48. The third-order valence-corrected chi connectivity index (χ3v) is 3.54. The standard InChI is InChI=1S/C15H19NO3/c1-3-14(17)16-15(8-10-19-11-9-15)12-4-6-13(18-2)7-5-12/h3-7H,1,8-11H2,2H3,(H,16,17). The van der Waals surface area contributed by atoms with Gasteiger partial charge in [0.25, 0.3) is 0 Å². The lowest BCUT2D eigenvalue weighted by atomic mass is 9.82. The van der Waals surface area contributed by atoms with Gasteiger partial charge in [-0.1, -0.05) is 18.7 Å². The van der Waals surface area contributed by atoms with Crippen LogP contribution < -0.4 is 10.1 Å². The van der Waals surface area contributed by atoms with E-state index in [2.05, 4.69) is 11.9 Å². The second-order valence-electron chi connectivity index (χ2n) is 4.62. The predicted octanol–water partition coefficient (Wildman–Crippen LogP) is 2.00. The highest BCUT2D eigenvalue weighted by atomic mass is 16.5. The van der Waals surface area contributed by atoms with Crippen molar-refractivity contribution in [2.45, 2.75) is 18.4 Å². The maximum atomic E-state index is 11.7. The van der Waals surface area contributed by atoms with Gasteiger partial charge in [0.1, 0.15) is 5.75 Å². The highest BCUT2D eigenvalue weighted by molar-refractivity contribution is 5.87. The molecule has 19 heavy (non-hydrogen) atoms. The van der Waals surface area contributed by atoms with E-state index in [0.29, 0.717) is 13.2 Å². The monoisotopic (exact) mass is 261 g/mol. The van der Waals surface area contributed by atoms with Crippen LogP contribution in [0.15, 0.2) is 36.9 Å². The van der Waals surface area contributed by atoms with Crippen molar-refractivity contribution >= 4 is 5.91 Å². The fraction of sp³-hybridized carbons (Fsp3) is 0.400. The van der Waals surface area contributed by atoms with Gasteiger partial charge in [-0.15, -0.1) is 0 Å². The van der Waals surface area contributed by atoms with E-state index in [1.165, 1.54) is 6.08 Å². The Morgan fingerprint density at radius 1 is 1.37 bits per heavy atom. The molecule has 4 heteroatoms. The van der Waals surface area contributed by atoms with Crippen LogP contribution in [0.2, 0.25) is 0 Å². The lowest BCUT2D eigenvalue weighted by molar-refractivity contribution is -0.119. The first-order chi connectivity index (χ1) is 9.20.